The fraction of sp³-hybridized carbons (Fsp3) is 0.111. The Balaban J connectivity index is 1.79. The highest BCUT2D eigenvalue weighted by Crippen LogP contribution is 2.17. The summed E-state index contributed by atoms with van der Waals surface area (Å²) in [5, 5.41) is 2.57. The summed E-state index contributed by atoms with van der Waals surface area (Å²) in [4.78, 5) is 25.5. The molecule has 0 atom stereocenters. The van der Waals surface area contributed by atoms with Crippen molar-refractivity contribution in [3.05, 3.63) is 76.7 Å². The van der Waals surface area contributed by atoms with E-state index in [-0.39, 0.29) is 24.0 Å². The molecule has 1 aliphatic heterocycles. The summed E-state index contributed by atoms with van der Waals surface area (Å²) in [6.07, 6.45) is 1.64. The average molecular weight is 310 g/mol. The summed E-state index contributed by atoms with van der Waals surface area (Å²) in [6.45, 7) is 2.08. The van der Waals surface area contributed by atoms with Gasteiger partial charge in [0.05, 0.1) is 6.54 Å². The lowest BCUT2D eigenvalue weighted by atomic mass is 10.1. The van der Waals surface area contributed by atoms with Gasteiger partial charge in [0.25, 0.3) is 5.91 Å². The lowest BCUT2D eigenvalue weighted by Crippen LogP contribution is -2.30. The molecule has 1 fully saturated rings. The summed E-state index contributed by atoms with van der Waals surface area (Å²) < 4.78 is 12.9. The van der Waals surface area contributed by atoms with Crippen LogP contribution in [0.5, 0.6) is 0 Å². The molecule has 0 aliphatic carbocycles. The van der Waals surface area contributed by atoms with Gasteiger partial charge in [-0.25, -0.2) is 9.18 Å². The van der Waals surface area contributed by atoms with E-state index in [4.69, 9.17) is 0 Å². The van der Waals surface area contributed by atoms with Gasteiger partial charge in [0.2, 0.25) is 0 Å². The highest BCUT2D eigenvalue weighted by molar-refractivity contribution is 6.13. The third-order valence-electron chi connectivity index (χ3n) is 3.60. The molecular weight excluding hydrogens is 295 g/mol. The minimum Gasteiger partial charge on any atom is -0.303 e. The molecule has 0 aromatic heterocycles. The second kappa shape index (κ2) is 6.04. The fourth-order valence-corrected chi connectivity index (χ4v) is 2.32. The number of urea groups is 1. The molecule has 1 N–H and O–H groups in total. The first kappa shape index (κ1) is 15.0. The quantitative estimate of drug-likeness (QED) is 0.699. The number of rotatable bonds is 3. The van der Waals surface area contributed by atoms with Gasteiger partial charge >= 0.3 is 6.03 Å². The van der Waals surface area contributed by atoms with E-state index >= 15 is 0 Å². The summed E-state index contributed by atoms with van der Waals surface area (Å²) in [5.74, 6) is -0.745. The zero-order chi connectivity index (χ0) is 16.4. The summed E-state index contributed by atoms with van der Waals surface area (Å²) >= 11 is 0. The highest BCUT2D eigenvalue weighted by Gasteiger charge is 2.33. The Morgan fingerprint density at radius 3 is 2.35 bits per heavy atom. The number of imide groups is 1. The van der Waals surface area contributed by atoms with E-state index in [9.17, 15) is 14.0 Å². The van der Waals surface area contributed by atoms with E-state index in [2.05, 4.69) is 5.32 Å². The average Bonchev–Trinajstić information content (AvgIpc) is 2.79. The van der Waals surface area contributed by atoms with Crippen LogP contribution in [-0.4, -0.2) is 16.8 Å². The minimum atomic E-state index is -0.474. The largest absolute Gasteiger partial charge is 0.329 e. The number of amides is 3. The molecule has 2 aromatic carbocycles. The van der Waals surface area contributed by atoms with Crippen molar-refractivity contribution in [1.29, 1.82) is 0 Å². The maximum absolute atomic E-state index is 12.9. The number of hydrogen-bond acceptors (Lipinski definition) is 2. The predicted octanol–water partition coefficient (Wildman–Crippen LogP) is 3.23. The topological polar surface area (TPSA) is 49.4 Å². The zero-order valence-corrected chi connectivity index (χ0v) is 12.5. The van der Waals surface area contributed by atoms with Crippen LogP contribution >= 0.6 is 0 Å². The Morgan fingerprint density at radius 2 is 1.70 bits per heavy atom. The van der Waals surface area contributed by atoms with Gasteiger partial charge in [0, 0.05) is 0 Å². The Bertz CT molecular complexity index is 780. The van der Waals surface area contributed by atoms with Crippen LogP contribution in [0.1, 0.15) is 16.7 Å². The van der Waals surface area contributed by atoms with Gasteiger partial charge in [0.1, 0.15) is 11.5 Å². The van der Waals surface area contributed by atoms with Crippen LogP contribution in [-0.2, 0) is 11.3 Å². The zero-order valence-electron chi connectivity index (χ0n) is 12.5. The number of nitrogens with zero attached hydrogens (tertiary/aromatic N) is 1. The molecule has 1 saturated heterocycles. The second-order valence-electron chi connectivity index (χ2n) is 5.42. The molecular formula is C18H15FN2O2. The van der Waals surface area contributed by atoms with E-state index in [1.807, 2.05) is 31.2 Å². The van der Waals surface area contributed by atoms with E-state index in [1.165, 1.54) is 12.1 Å². The molecule has 116 valence electrons. The molecule has 0 bridgehead atoms. The van der Waals surface area contributed by atoms with Crippen LogP contribution in [0.4, 0.5) is 9.18 Å². The van der Waals surface area contributed by atoms with Gasteiger partial charge in [-0.15, -0.1) is 0 Å². The maximum atomic E-state index is 12.9. The molecule has 0 spiro atoms. The second-order valence-corrected chi connectivity index (χ2v) is 5.42. The van der Waals surface area contributed by atoms with E-state index < -0.39 is 6.03 Å². The molecule has 2 aromatic rings. The van der Waals surface area contributed by atoms with Crippen LogP contribution in [0.2, 0.25) is 0 Å². The molecule has 1 heterocycles. The van der Waals surface area contributed by atoms with Crippen molar-refractivity contribution in [3.63, 3.8) is 0 Å². The van der Waals surface area contributed by atoms with E-state index in [0.29, 0.717) is 5.56 Å². The fourth-order valence-electron chi connectivity index (χ4n) is 2.32. The van der Waals surface area contributed by atoms with Crippen LogP contribution in [0.3, 0.4) is 0 Å². The summed E-state index contributed by atoms with van der Waals surface area (Å²) in [5.41, 5.74) is 2.88. The Morgan fingerprint density at radius 1 is 1.04 bits per heavy atom. The molecule has 4 nitrogen and oxygen atoms in total. The molecule has 3 amide bonds. The van der Waals surface area contributed by atoms with Crippen LogP contribution in [0.15, 0.2) is 54.2 Å². The monoisotopic (exact) mass is 310 g/mol. The van der Waals surface area contributed by atoms with Crippen molar-refractivity contribution in [2.75, 3.05) is 0 Å². The molecule has 0 unspecified atom stereocenters. The number of halogens is 1. The van der Waals surface area contributed by atoms with Gasteiger partial charge in [-0.05, 0) is 36.3 Å². The number of benzene rings is 2. The Hall–Kier alpha value is -2.95. The van der Waals surface area contributed by atoms with Gasteiger partial charge in [-0.1, -0.05) is 42.0 Å². The normalized spacial score (nSPS) is 16.1. The van der Waals surface area contributed by atoms with Crippen molar-refractivity contribution in [1.82, 2.24) is 10.2 Å². The van der Waals surface area contributed by atoms with Crippen molar-refractivity contribution >= 4 is 18.0 Å². The van der Waals surface area contributed by atoms with Crippen LogP contribution in [0.25, 0.3) is 6.08 Å². The number of nitrogens with one attached hydrogen (secondary N) is 1. The lowest BCUT2D eigenvalue weighted by Gasteiger charge is -2.11. The standard InChI is InChI=1S/C18H15FN2O2/c1-12-2-4-13(5-3-12)10-16-17(22)21(18(23)20-16)11-14-6-8-15(19)9-7-14/h2-10H,11H2,1H3,(H,20,23)/b16-10-. The SMILES string of the molecule is Cc1ccc(/C=C2\NC(=O)N(Cc3ccc(F)cc3)C2=O)cc1. The van der Waals surface area contributed by atoms with E-state index in [1.54, 1.807) is 18.2 Å². The van der Waals surface area contributed by atoms with E-state index in [0.717, 1.165) is 16.0 Å². The lowest BCUT2D eigenvalue weighted by molar-refractivity contribution is -0.123. The first-order chi connectivity index (χ1) is 11.0. The van der Waals surface area contributed by atoms with Crippen molar-refractivity contribution in [2.24, 2.45) is 0 Å². The Kier molecular flexibility index (Phi) is 3.93. The van der Waals surface area contributed by atoms with Crippen LogP contribution in [0, 0.1) is 12.7 Å². The van der Waals surface area contributed by atoms with Crippen molar-refractivity contribution in [2.45, 2.75) is 13.5 Å². The number of carbonyl (C=O) groups is 2. The van der Waals surface area contributed by atoms with Gasteiger partial charge in [-0.2, -0.15) is 0 Å². The van der Waals surface area contributed by atoms with Gasteiger partial charge in [-0.3, -0.25) is 9.69 Å². The summed E-state index contributed by atoms with van der Waals surface area (Å²) in [7, 11) is 0. The van der Waals surface area contributed by atoms with Crippen molar-refractivity contribution in [3.8, 4) is 0 Å². The molecule has 5 heteroatoms. The van der Waals surface area contributed by atoms with Gasteiger partial charge in [0.15, 0.2) is 0 Å². The Labute approximate surface area is 133 Å². The molecule has 3 rings (SSSR count). The predicted molar refractivity (Wildman–Crippen MR) is 84.6 cm³/mol. The molecule has 0 radical (unpaired) electrons. The number of carbonyl (C=O) groups excluding carboxylic acids is 2. The first-order valence-corrected chi connectivity index (χ1v) is 7.18. The first-order valence-electron chi connectivity index (χ1n) is 7.18. The molecule has 23 heavy (non-hydrogen) atoms. The van der Waals surface area contributed by atoms with Gasteiger partial charge < -0.3 is 5.32 Å². The molecule has 0 saturated carbocycles. The summed E-state index contributed by atoms with van der Waals surface area (Å²) in [6, 6.07) is 12.9. The number of aryl methyl sites for hydroxylation is 1. The highest BCUT2D eigenvalue weighted by atomic mass is 19.1. The van der Waals surface area contributed by atoms with Crippen molar-refractivity contribution < 1.29 is 14.0 Å². The third kappa shape index (κ3) is 3.29. The number of hydrogen-bond donors (Lipinski definition) is 1. The minimum absolute atomic E-state index is 0.107. The molecule has 1 aliphatic rings. The van der Waals surface area contributed by atoms with Crippen LogP contribution < -0.4 is 5.32 Å². The smallest absolute Gasteiger partial charge is 0.303 e. The maximum Gasteiger partial charge on any atom is 0.329 e. The third-order valence-corrected chi connectivity index (χ3v) is 3.60.